The molecule has 150 valence electrons. The van der Waals surface area contributed by atoms with Gasteiger partial charge in [0, 0.05) is 25.0 Å². The lowest BCUT2D eigenvalue weighted by Crippen LogP contribution is -2.54. The van der Waals surface area contributed by atoms with Crippen LogP contribution in [-0.2, 0) is 19.0 Å². The number of esters is 1. The molecule has 1 rings (SSSR count). The average Bonchev–Trinajstić information content (AvgIpc) is 2.45. The van der Waals surface area contributed by atoms with Crippen LogP contribution in [0.1, 0.15) is 54.4 Å². The molecule has 0 spiro atoms. The van der Waals surface area contributed by atoms with Crippen LogP contribution >= 0.6 is 0 Å². The number of piperidine rings is 1. The summed E-state index contributed by atoms with van der Waals surface area (Å²) in [7, 11) is 1.31. The molecular formula is C18H32N2O6. The van der Waals surface area contributed by atoms with Gasteiger partial charge in [-0.3, -0.25) is 4.79 Å². The summed E-state index contributed by atoms with van der Waals surface area (Å²) in [5.41, 5.74) is -1.21. The number of hydrogen-bond acceptors (Lipinski definition) is 6. The molecule has 1 aliphatic rings. The van der Waals surface area contributed by atoms with E-state index in [1.807, 2.05) is 0 Å². The minimum atomic E-state index is -0.612. The number of methoxy groups -OCH3 is 1. The van der Waals surface area contributed by atoms with E-state index in [4.69, 9.17) is 14.2 Å². The summed E-state index contributed by atoms with van der Waals surface area (Å²) >= 11 is 0. The van der Waals surface area contributed by atoms with Crippen molar-refractivity contribution < 1.29 is 28.6 Å². The lowest BCUT2D eigenvalue weighted by atomic mass is 9.89. The second-order valence-corrected chi connectivity index (χ2v) is 8.51. The number of amides is 2. The Labute approximate surface area is 155 Å². The normalized spacial score (nSPS) is 21.0. The number of carbonyl (C=O) groups is 3. The highest BCUT2D eigenvalue weighted by Crippen LogP contribution is 2.23. The SMILES string of the molecule is COC(=O)CC1CN(C(=O)OC(C)(C)C)CCC1NC(=O)OC(C)(C)C. The molecule has 0 radical (unpaired) electrons. The Balaban J connectivity index is 2.78. The summed E-state index contributed by atoms with van der Waals surface area (Å²) in [5.74, 6) is -0.673. The summed E-state index contributed by atoms with van der Waals surface area (Å²) in [6, 6.07) is -0.289. The number of rotatable bonds is 3. The van der Waals surface area contributed by atoms with Gasteiger partial charge in [0.2, 0.25) is 0 Å². The molecule has 1 aliphatic heterocycles. The molecule has 8 nitrogen and oxygen atoms in total. The maximum absolute atomic E-state index is 12.3. The summed E-state index contributed by atoms with van der Waals surface area (Å²) in [4.78, 5) is 37.7. The van der Waals surface area contributed by atoms with Gasteiger partial charge in [-0.25, -0.2) is 9.59 Å². The zero-order valence-electron chi connectivity index (χ0n) is 16.9. The molecule has 0 aromatic carbocycles. The molecule has 26 heavy (non-hydrogen) atoms. The Morgan fingerprint density at radius 1 is 1.04 bits per heavy atom. The molecule has 2 atom stereocenters. The molecule has 1 heterocycles. The predicted octanol–water partition coefficient (Wildman–Crippen LogP) is 2.70. The van der Waals surface area contributed by atoms with E-state index in [9.17, 15) is 14.4 Å². The van der Waals surface area contributed by atoms with Crippen molar-refractivity contribution in [2.45, 2.75) is 71.6 Å². The molecule has 2 amide bonds. The Morgan fingerprint density at radius 3 is 2.12 bits per heavy atom. The van der Waals surface area contributed by atoms with Crippen molar-refractivity contribution in [2.24, 2.45) is 5.92 Å². The van der Waals surface area contributed by atoms with Gasteiger partial charge in [-0.15, -0.1) is 0 Å². The lowest BCUT2D eigenvalue weighted by molar-refractivity contribution is -0.142. The highest BCUT2D eigenvalue weighted by molar-refractivity contribution is 5.72. The first-order valence-corrected chi connectivity index (χ1v) is 8.85. The molecule has 0 aromatic rings. The van der Waals surface area contributed by atoms with E-state index in [2.05, 4.69) is 5.32 Å². The molecule has 0 aliphatic carbocycles. The number of hydrogen-bond donors (Lipinski definition) is 1. The van der Waals surface area contributed by atoms with Crippen LogP contribution < -0.4 is 5.32 Å². The fourth-order valence-corrected chi connectivity index (χ4v) is 2.68. The van der Waals surface area contributed by atoms with Gasteiger partial charge in [0.25, 0.3) is 0 Å². The average molecular weight is 372 g/mol. The van der Waals surface area contributed by atoms with Crippen molar-refractivity contribution in [3.63, 3.8) is 0 Å². The maximum atomic E-state index is 12.3. The fraction of sp³-hybridized carbons (Fsp3) is 0.833. The Morgan fingerprint density at radius 2 is 1.62 bits per heavy atom. The van der Waals surface area contributed by atoms with Crippen LogP contribution in [0.2, 0.25) is 0 Å². The smallest absolute Gasteiger partial charge is 0.410 e. The van der Waals surface area contributed by atoms with Gasteiger partial charge >= 0.3 is 18.2 Å². The van der Waals surface area contributed by atoms with E-state index in [1.54, 1.807) is 46.4 Å². The zero-order valence-corrected chi connectivity index (χ0v) is 16.9. The lowest BCUT2D eigenvalue weighted by Gasteiger charge is -2.39. The van der Waals surface area contributed by atoms with Crippen molar-refractivity contribution in [1.29, 1.82) is 0 Å². The highest BCUT2D eigenvalue weighted by Gasteiger charge is 2.36. The molecular weight excluding hydrogens is 340 g/mol. The Bertz CT molecular complexity index is 521. The summed E-state index contributed by atoms with van der Waals surface area (Å²) in [5, 5.41) is 2.81. The van der Waals surface area contributed by atoms with Crippen LogP contribution in [0.4, 0.5) is 9.59 Å². The topological polar surface area (TPSA) is 94.2 Å². The molecule has 0 aromatic heterocycles. The molecule has 2 unspecified atom stereocenters. The predicted molar refractivity (Wildman–Crippen MR) is 95.7 cm³/mol. The van der Waals surface area contributed by atoms with Gasteiger partial charge in [0.15, 0.2) is 0 Å². The van der Waals surface area contributed by atoms with Crippen molar-refractivity contribution in [2.75, 3.05) is 20.2 Å². The van der Waals surface area contributed by atoms with Gasteiger partial charge in [-0.2, -0.15) is 0 Å². The van der Waals surface area contributed by atoms with Crippen LogP contribution in [0.3, 0.4) is 0 Å². The number of carbonyl (C=O) groups excluding carboxylic acids is 3. The Hall–Kier alpha value is -1.99. The first kappa shape index (κ1) is 22.1. The van der Waals surface area contributed by atoms with Gasteiger partial charge < -0.3 is 24.4 Å². The van der Waals surface area contributed by atoms with Crippen molar-refractivity contribution in [1.82, 2.24) is 10.2 Å². The summed E-state index contributed by atoms with van der Waals surface area (Å²) in [6.07, 6.45) is -0.373. The third-order valence-corrected chi connectivity index (χ3v) is 3.74. The fourth-order valence-electron chi connectivity index (χ4n) is 2.68. The van der Waals surface area contributed by atoms with Crippen LogP contribution in [0.25, 0.3) is 0 Å². The van der Waals surface area contributed by atoms with E-state index in [1.165, 1.54) is 7.11 Å². The second kappa shape index (κ2) is 8.60. The van der Waals surface area contributed by atoms with Gasteiger partial charge in [-0.1, -0.05) is 0 Å². The van der Waals surface area contributed by atoms with Crippen molar-refractivity contribution in [3.8, 4) is 0 Å². The monoisotopic (exact) mass is 372 g/mol. The van der Waals surface area contributed by atoms with Crippen LogP contribution in [-0.4, -0.2) is 60.5 Å². The van der Waals surface area contributed by atoms with E-state index in [-0.39, 0.29) is 18.4 Å². The molecule has 1 fully saturated rings. The number of likely N-dealkylation sites (tertiary alicyclic amines) is 1. The van der Waals surface area contributed by atoms with Crippen molar-refractivity contribution in [3.05, 3.63) is 0 Å². The van der Waals surface area contributed by atoms with E-state index >= 15 is 0 Å². The quantitative estimate of drug-likeness (QED) is 0.605. The number of nitrogens with one attached hydrogen (secondary N) is 1. The largest absolute Gasteiger partial charge is 0.469 e. The Kier molecular flexibility index (Phi) is 7.29. The highest BCUT2D eigenvalue weighted by atomic mass is 16.6. The van der Waals surface area contributed by atoms with Crippen molar-refractivity contribution >= 4 is 18.2 Å². The van der Waals surface area contributed by atoms with E-state index in [0.29, 0.717) is 19.5 Å². The maximum Gasteiger partial charge on any atom is 0.410 e. The zero-order chi connectivity index (χ0) is 20.1. The minimum Gasteiger partial charge on any atom is -0.469 e. The molecule has 8 heteroatoms. The minimum absolute atomic E-state index is 0.0935. The van der Waals surface area contributed by atoms with Gasteiger partial charge in [0.1, 0.15) is 11.2 Å². The van der Waals surface area contributed by atoms with E-state index in [0.717, 1.165) is 0 Å². The summed E-state index contributed by atoms with van der Waals surface area (Å²) in [6.45, 7) is 11.5. The van der Waals surface area contributed by atoms with Crippen LogP contribution in [0.15, 0.2) is 0 Å². The summed E-state index contributed by atoms with van der Waals surface area (Å²) < 4.78 is 15.4. The van der Waals surface area contributed by atoms with Gasteiger partial charge in [0.05, 0.1) is 13.5 Å². The molecule has 1 N–H and O–H groups in total. The van der Waals surface area contributed by atoms with Gasteiger partial charge in [-0.05, 0) is 48.0 Å². The number of alkyl carbamates (subject to hydrolysis) is 1. The first-order valence-electron chi connectivity index (χ1n) is 8.85. The molecule has 1 saturated heterocycles. The van der Waals surface area contributed by atoms with Crippen LogP contribution in [0.5, 0.6) is 0 Å². The third-order valence-electron chi connectivity index (χ3n) is 3.74. The molecule has 0 saturated carbocycles. The van der Waals surface area contributed by atoms with E-state index < -0.39 is 29.4 Å². The van der Waals surface area contributed by atoms with Crippen LogP contribution in [0, 0.1) is 5.92 Å². The second-order valence-electron chi connectivity index (χ2n) is 8.51. The third kappa shape index (κ3) is 7.93. The number of ether oxygens (including phenoxy) is 3. The number of nitrogens with zero attached hydrogens (tertiary/aromatic N) is 1. The molecule has 0 bridgehead atoms. The first-order chi connectivity index (χ1) is 11.8. The standard InChI is InChI=1S/C18H32N2O6/c1-17(2,3)25-15(22)19-13-8-9-20(16(23)26-18(4,5)6)11-12(13)10-14(21)24-7/h12-13H,8-11H2,1-7H3,(H,19,22).